The molecule has 2 aromatic rings. The molecule has 5 heteroatoms. The van der Waals surface area contributed by atoms with E-state index in [9.17, 15) is 4.79 Å². The van der Waals surface area contributed by atoms with Crippen molar-refractivity contribution in [3.8, 4) is 0 Å². The maximum atomic E-state index is 11.8. The first-order chi connectivity index (χ1) is 8.78. The highest BCUT2D eigenvalue weighted by molar-refractivity contribution is 5.78. The van der Waals surface area contributed by atoms with Crippen molar-refractivity contribution in [2.75, 3.05) is 13.2 Å². The van der Waals surface area contributed by atoms with E-state index < -0.39 is 0 Å². The molecule has 1 atom stereocenters. The first-order valence-electron chi connectivity index (χ1n) is 6.07. The third-order valence-corrected chi connectivity index (χ3v) is 3.40. The minimum atomic E-state index is 0.0788. The number of hydrogen-bond donors (Lipinski definition) is 1. The molecule has 0 aliphatic carbocycles. The summed E-state index contributed by atoms with van der Waals surface area (Å²) in [6.45, 7) is 1.27. The molecule has 0 saturated carbocycles. The number of likely N-dealkylation sites (tertiary alicyclic amines) is 1. The van der Waals surface area contributed by atoms with E-state index in [1.807, 2.05) is 28.8 Å². The molecule has 1 amide bonds. The van der Waals surface area contributed by atoms with Gasteiger partial charge < -0.3 is 14.4 Å². The fraction of sp³-hybridized carbons (Fsp3) is 0.385. The summed E-state index contributed by atoms with van der Waals surface area (Å²) in [6, 6.07) is 5.82. The highest BCUT2D eigenvalue weighted by Gasteiger charge is 2.29. The molecule has 1 aliphatic rings. The number of nitrogens with zero attached hydrogens (tertiary/aromatic N) is 3. The molecule has 2 aromatic heterocycles. The van der Waals surface area contributed by atoms with Crippen LogP contribution in [0.1, 0.15) is 12.1 Å². The SMILES string of the molecule is O=C1CC(CO)CN1Cc1cnc2ccccn12. The Morgan fingerprint density at radius 3 is 3.11 bits per heavy atom. The summed E-state index contributed by atoms with van der Waals surface area (Å²) in [6.07, 6.45) is 4.20. The van der Waals surface area contributed by atoms with Gasteiger partial charge in [-0.15, -0.1) is 0 Å². The Balaban J connectivity index is 1.83. The second-order valence-electron chi connectivity index (χ2n) is 4.71. The maximum absolute atomic E-state index is 11.8. The molecule has 3 rings (SSSR count). The van der Waals surface area contributed by atoms with Crippen LogP contribution in [0.25, 0.3) is 5.65 Å². The number of hydrogen-bond acceptors (Lipinski definition) is 3. The number of fused-ring (bicyclic) bond motifs is 1. The van der Waals surface area contributed by atoms with Crippen LogP contribution >= 0.6 is 0 Å². The molecule has 1 aliphatic heterocycles. The summed E-state index contributed by atoms with van der Waals surface area (Å²) in [7, 11) is 0. The van der Waals surface area contributed by atoms with E-state index in [2.05, 4.69) is 4.98 Å². The highest BCUT2D eigenvalue weighted by atomic mass is 16.3. The Morgan fingerprint density at radius 2 is 2.33 bits per heavy atom. The molecule has 94 valence electrons. The zero-order valence-corrected chi connectivity index (χ0v) is 9.99. The lowest BCUT2D eigenvalue weighted by molar-refractivity contribution is -0.128. The normalized spacial score (nSPS) is 19.9. The largest absolute Gasteiger partial charge is 0.396 e. The van der Waals surface area contributed by atoms with Gasteiger partial charge >= 0.3 is 0 Å². The fourth-order valence-corrected chi connectivity index (χ4v) is 2.43. The molecule has 1 unspecified atom stereocenters. The van der Waals surface area contributed by atoms with Crippen LogP contribution in [0.3, 0.4) is 0 Å². The number of rotatable bonds is 3. The summed E-state index contributed by atoms with van der Waals surface area (Å²) >= 11 is 0. The number of amides is 1. The molecule has 18 heavy (non-hydrogen) atoms. The van der Waals surface area contributed by atoms with Crippen molar-refractivity contribution >= 4 is 11.6 Å². The molecule has 0 aromatic carbocycles. The second-order valence-corrected chi connectivity index (χ2v) is 4.71. The summed E-state index contributed by atoms with van der Waals surface area (Å²) in [5.74, 6) is 0.191. The number of aliphatic hydroxyl groups is 1. The molecule has 0 bridgehead atoms. The smallest absolute Gasteiger partial charge is 0.223 e. The van der Waals surface area contributed by atoms with Gasteiger partial charge in [0.1, 0.15) is 5.65 Å². The lowest BCUT2D eigenvalue weighted by Crippen LogP contribution is -2.25. The van der Waals surface area contributed by atoms with E-state index in [-0.39, 0.29) is 18.4 Å². The van der Waals surface area contributed by atoms with Crippen molar-refractivity contribution < 1.29 is 9.90 Å². The lowest BCUT2D eigenvalue weighted by Gasteiger charge is -2.15. The minimum Gasteiger partial charge on any atom is -0.396 e. The predicted octanol–water partition coefficient (Wildman–Crippen LogP) is 0.675. The molecule has 0 spiro atoms. The number of imidazole rings is 1. The summed E-state index contributed by atoms with van der Waals surface area (Å²) < 4.78 is 1.99. The number of carbonyl (C=O) groups excluding carboxylic acids is 1. The van der Waals surface area contributed by atoms with Crippen molar-refractivity contribution in [3.63, 3.8) is 0 Å². The third-order valence-electron chi connectivity index (χ3n) is 3.40. The topological polar surface area (TPSA) is 57.8 Å². The number of carbonyl (C=O) groups is 1. The van der Waals surface area contributed by atoms with Gasteiger partial charge in [0, 0.05) is 31.7 Å². The first kappa shape index (κ1) is 11.2. The van der Waals surface area contributed by atoms with E-state index in [1.165, 1.54) is 0 Å². The molecule has 0 radical (unpaired) electrons. The quantitative estimate of drug-likeness (QED) is 0.865. The van der Waals surface area contributed by atoms with Crippen LogP contribution in [0, 0.1) is 5.92 Å². The lowest BCUT2D eigenvalue weighted by atomic mass is 10.1. The Kier molecular flexibility index (Phi) is 2.76. The van der Waals surface area contributed by atoms with Gasteiger partial charge in [0.05, 0.1) is 18.4 Å². The number of aliphatic hydroxyl groups excluding tert-OH is 1. The Hall–Kier alpha value is -1.88. The van der Waals surface area contributed by atoms with Crippen LogP contribution in [-0.4, -0.2) is 38.4 Å². The van der Waals surface area contributed by atoms with E-state index >= 15 is 0 Å². The van der Waals surface area contributed by atoms with Gasteiger partial charge in [-0.3, -0.25) is 4.79 Å². The second kappa shape index (κ2) is 4.42. The molecule has 1 saturated heterocycles. The molecule has 3 heterocycles. The Bertz CT molecular complexity index is 578. The van der Waals surface area contributed by atoms with Crippen LogP contribution in [0.4, 0.5) is 0 Å². The fourth-order valence-electron chi connectivity index (χ4n) is 2.43. The average Bonchev–Trinajstić information content (AvgIpc) is 2.95. The van der Waals surface area contributed by atoms with Crippen LogP contribution in [-0.2, 0) is 11.3 Å². The molecule has 5 nitrogen and oxygen atoms in total. The van der Waals surface area contributed by atoms with Crippen molar-refractivity contribution in [3.05, 3.63) is 36.3 Å². The maximum Gasteiger partial charge on any atom is 0.223 e. The van der Waals surface area contributed by atoms with Gasteiger partial charge in [-0.25, -0.2) is 4.98 Å². The first-order valence-corrected chi connectivity index (χ1v) is 6.07. The van der Waals surface area contributed by atoms with E-state index in [1.54, 1.807) is 11.1 Å². The zero-order chi connectivity index (χ0) is 12.5. The van der Waals surface area contributed by atoms with Crippen molar-refractivity contribution in [2.45, 2.75) is 13.0 Å². The molecular weight excluding hydrogens is 230 g/mol. The molecule has 1 fully saturated rings. The Morgan fingerprint density at radius 1 is 1.44 bits per heavy atom. The van der Waals surface area contributed by atoms with Crippen LogP contribution < -0.4 is 0 Å². The monoisotopic (exact) mass is 245 g/mol. The number of aromatic nitrogens is 2. The molecule has 1 N–H and O–H groups in total. The summed E-state index contributed by atoms with van der Waals surface area (Å²) in [5.41, 5.74) is 1.88. The summed E-state index contributed by atoms with van der Waals surface area (Å²) in [5, 5.41) is 9.10. The van der Waals surface area contributed by atoms with Gasteiger partial charge in [-0.1, -0.05) is 6.07 Å². The third kappa shape index (κ3) is 1.86. The molecular formula is C13H15N3O2. The van der Waals surface area contributed by atoms with Crippen LogP contribution in [0.15, 0.2) is 30.6 Å². The predicted molar refractivity (Wildman–Crippen MR) is 65.8 cm³/mol. The minimum absolute atomic E-state index is 0.0788. The van der Waals surface area contributed by atoms with E-state index in [4.69, 9.17) is 5.11 Å². The van der Waals surface area contributed by atoms with Gasteiger partial charge in [-0.05, 0) is 12.1 Å². The zero-order valence-electron chi connectivity index (χ0n) is 9.99. The van der Waals surface area contributed by atoms with Crippen molar-refractivity contribution in [1.29, 1.82) is 0 Å². The summed E-state index contributed by atoms with van der Waals surface area (Å²) in [4.78, 5) is 17.9. The average molecular weight is 245 g/mol. The van der Waals surface area contributed by atoms with Gasteiger partial charge in [0.15, 0.2) is 0 Å². The van der Waals surface area contributed by atoms with Gasteiger partial charge in [0.2, 0.25) is 5.91 Å². The standard InChI is InChI=1S/C13H15N3O2/c17-9-10-5-13(18)15(7-10)8-11-6-14-12-3-1-2-4-16(11)12/h1-4,6,10,17H,5,7-9H2. The number of pyridine rings is 1. The van der Waals surface area contributed by atoms with E-state index in [0.717, 1.165) is 11.3 Å². The highest BCUT2D eigenvalue weighted by Crippen LogP contribution is 2.20. The Labute approximate surface area is 105 Å². The van der Waals surface area contributed by atoms with Gasteiger partial charge in [-0.2, -0.15) is 0 Å². The van der Waals surface area contributed by atoms with Crippen molar-refractivity contribution in [2.24, 2.45) is 5.92 Å². The van der Waals surface area contributed by atoms with Gasteiger partial charge in [0.25, 0.3) is 0 Å². The van der Waals surface area contributed by atoms with Crippen LogP contribution in [0.2, 0.25) is 0 Å². The van der Waals surface area contributed by atoms with Crippen molar-refractivity contribution in [1.82, 2.24) is 14.3 Å². The van der Waals surface area contributed by atoms with Crippen LogP contribution in [0.5, 0.6) is 0 Å². The van der Waals surface area contributed by atoms with E-state index in [0.29, 0.717) is 19.5 Å².